The van der Waals surface area contributed by atoms with Gasteiger partial charge in [0.1, 0.15) is 0 Å². The van der Waals surface area contributed by atoms with Gasteiger partial charge in [0.2, 0.25) is 0 Å². The van der Waals surface area contributed by atoms with Gasteiger partial charge in [-0.25, -0.2) is 0 Å². The van der Waals surface area contributed by atoms with Crippen LogP contribution in [-0.4, -0.2) is 96.8 Å². The summed E-state index contributed by atoms with van der Waals surface area (Å²) in [5.41, 5.74) is -2.89. The van der Waals surface area contributed by atoms with Crippen molar-refractivity contribution in [1.29, 1.82) is 0 Å². The van der Waals surface area contributed by atoms with Crippen molar-refractivity contribution < 1.29 is 29.5 Å². The highest BCUT2D eigenvalue weighted by Gasteiger charge is 2.88. The summed E-state index contributed by atoms with van der Waals surface area (Å²) in [5.74, 6) is -0.335. The first-order valence-electron chi connectivity index (χ1n) is 12.2. The van der Waals surface area contributed by atoms with E-state index < -0.39 is 22.7 Å². The van der Waals surface area contributed by atoms with Crippen molar-refractivity contribution in [3.05, 3.63) is 0 Å². The third kappa shape index (κ3) is 2.01. The first-order chi connectivity index (χ1) is 14.8. The fraction of sp³-hybridized carbons (Fsp3) is 1.00. The number of ether oxygens (including phenoxy) is 3. The first kappa shape index (κ1) is 21.3. The van der Waals surface area contributed by atoms with Crippen LogP contribution < -0.4 is 0 Å². The molecule has 0 amide bonds. The number of hydrogen-bond acceptors (Lipinski definition) is 7. The van der Waals surface area contributed by atoms with Crippen LogP contribution in [0.3, 0.4) is 0 Å². The first-order valence-corrected chi connectivity index (χ1v) is 12.2. The van der Waals surface area contributed by atoms with Crippen LogP contribution in [0, 0.1) is 34.5 Å². The summed E-state index contributed by atoms with van der Waals surface area (Å²) >= 11 is 0. The van der Waals surface area contributed by atoms with Gasteiger partial charge in [0.05, 0.1) is 36.1 Å². The summed E-state index contributed by atoms with van der Waals surface area (Å²) in [6, 6.07) is 0.0468. The van der Waals surface area contributed by atoms with E-state index in [0.717, 1.165) is 32.4 Å². The van der Waals surface area contributed by atoms with Gasteiger partial charge in [-0.15, -0.1) is 0 Å². The Morgan fingerprint density at radius 1 is 1.06 bits per heavy atom. The maximum atomic E-state index is 12.8. The standard InChI is InChI=1S/C24H39NO6/c1-5-25-11-21(12-29-2)7-6-17(31-4)24-14-8-13-16(30-3)10-22(27,18(14)19(13)26)15(20(24)25)9-23(21,24)28/h13-20,26-28H,5-12H2,1-4H3/t13-,14?,15+,16+,17+,18?,19+,20-,21+,22+,23+,24-/m1/s1. The molecule has 7 bridgehead atoms. The molecule has 7 heteroatoms. The third-order valence-electron chi connectivity index (χ3n) is 11.3. The predicted octanol–water partition coefficient (Wildman–Crippen LogP) is 0.646. The minimum absolute atomic E-state index is 0.00207. The van der Waals surface area contributed by atoms with Crippen LogP contribution in [0.25, 0.3) is 0 Å². The molecule has 7 nitrogen and oxygen atoms in total. The lowest BCUT2D eigenvalue weighted by Gasteiger charge is -2.71. The van der Waals surface area contributed by atoms with Crippen molar-refractivity contribution in [2.45, 2.75) is 74.6 Å². The van der Waals surface area contributed by atoms with E-state index in [1.807, 2.05) is 0 Å². The largest absolute Gasteiger partial charge is 0.392 e. The number of aliphatic hydroxyl groups excluding tert-OH is 1. The number of hydrogen-bond donors (Lipinski definition) is 3. The number of nitrogens with zero attached hydrogens (tertiary/aromatic N) is 1. The SMILES string of the molecule is CCN1C[C@]2(COC)CC[C@H](OC)[C@@]34C5C[C@@H]6[C@@H](OC)C[C@@](O)(C5[C@H]6O)[C@@H](C[C@]23O)[C@@H]14. The van der Waals surface area contributed by atoms with Crippen LogP contribution >= 0.6 is 0 Å². The summed E-state index contributed by atoms with van der Waals surface area (Å²) in [5, 5.41) is 36.6. The third-order valence-corrected chi connectivity index (χ3v) is 11.3. The average molecular weight is 438 g/mol. The van der Waals surface area contributed by atoms with Crippen molar-refractivity contribution in [3.63, 3.8) is 0 Å². The lowest BCUT2D eigenvalue weighted by molar-refractivity contribution is -0.324. The molecular formula is C24H39NO6. The topological polar surface area (TPSA) is 91.6 Å². The van der Waals surface area contributed by atoms with Crippen molar-refractivity contribution in [2.24, 2.45) is 34.5 Å². The smallest absolute Gasteiger partial charge is 0.0841 e. The van der Waals surface area contributed by atoms with E-state index in [1.165, 1.54) is 0 Å². The molecular weight excluding hydrogens is 398 g/mol. The number of fused-ring (bicyclic) bond motifs is 2. The molecule has 3 N–H and O–H groups in total. The molecule has 6 rings (SSSR count). The number of aliphatic hydroxyl groups is 3. The van der Waals surface area contributed by atoms with Gasteiger partial charge in [-0.1, -0.05) is 6.92 Å². The molecule has 1 saturated heterocycles. The Kier molecular flexibility index (Phi) is 4.41. The Morgan fingerprint density at radius 2 is 1.84 bits per heavy atom. The minimum Gasteiger partial charge on any atom is -0.392 e. The van der Waals surface area contributed by atoms with Crippen LogP contribution in [0.2, 0.25) is 0 Å². The summed E-state index contributed by atoms with van der Waals surface area (Å²) in [6.07, 6.45) is 2.79. The molecule has 31 heavy (non-hydrogen) atoms. The van der Waals surface area contributed by atoms with Crippen molar-refractivity contribution in [2.75, 3.05) is 41.0 Å². The molecule has 1 heterocycles. The van der Waals surface area contributed by atoms with E-state index in [4.69, 9.17) is 14.2 Å². The van der Waals surface area contributed by atoms with Gasteiger partial charge in [0, 0.05) is 68.9 Å². The van der Waals surface area contributed by atoms with Gasteiger partial charge < -0.3 is 29.5 Å². The quantitative estimate of drug-likeness (QED) is 0.582. The molecule has 2 unspecified atom stereocenters. The Bertz CT molecular complexity index is 766. The van der Waals surface area contributed by atoms with Crippen LogP contribution in [0.15, 0.2) is 0 Å². The van der Waals surface area contributed by atoms with Crippen LogP contribution in [-0.2, 0) is 14.2 Å². The lowest BCUT2D eigenvalue weighted by Crippen LogP contribution is -2.81. The van der Waals surface area contributed by atoms with Gasteiger partial charge in [-0.2, -0.15) is 0 Å². The molecule has 176 valence electrons. The Hall–Kier alpha value is -0.280. The predicted molar refractivity (Wildman–Crippen MR) is 112 cm³/mol. The fourth-order valence-corrected chi connectivity index (χ4v) is 10.6. The maximum absolute atomic E-state index is 12.8. The van der Waals surface area contributed by atoms with E-state index in [-0.39, 0.29) is 47.3 Å². The molecule has 6 fully saturated rings. The highest BCUT2D eigenvalue weighted by Crippen LogP contribution is 2.80. The molecule has 0 aromatic carbocycles. The number of likely N-dealkylation sites (tertiary alicyclic amines) is 1. The monoisotopic (exact) mass is 437 g/mol. The van der Waals surface area contributed by atoms with E-state index >= 15 is 0 Å². The fourth-order valence-electron chi connectivity index (χ4n) is 10.6. The van der Waals surface area contributed by atoms with E-state index in [2.05, 4.69) is 11.8 Å². The van der Waals surface area contributed by atoms with Crippen LogP contribution in [0.5, 0.6) is 0 Å². The minimum atomic E-state index is -1.03. The Balaban J connectivity index is 1.62. The summed E-state index contributed by atoms with van der Waals surface area (Å²) in [6.45, 7) is 4.36. The molecule has 0 aromatic rings. The molecule has 5 saturated carbocycles. The zero-order valence-corrected chi connectivity index (χ0v) is 19.3. The van der Waals surface area contributed by atoms with Crippen LogP contribution in [0.1, 0.15) is 39.0 Å². The second-order valence-electron chi connectivity index (χ2n) is 11.6. The molecule has 0 aromatic heterocycles. The lowest BCUT2D eigenvalue weighted by atomic mass is 9.41. The molecule has 6 aliphatic rings. The normalized spacial score (nSPS) is 61.6. The highest BCUT2D eigenvalue weighted by atomic mass is 16.5. The van der Waals surface area contributed by atoms with E-state index in [1.54, 1.807) is 21.3 Å². The molecule has 0 radical (unpaired) electrons. The van der Waals surface area contributed by atoms with Crippen molar-refractivity contribution >= 4 is 0 Å². The second kappa shape index (κ2) is 6.44. The average Bonchev–Trinajstić information content (AvgIpc) is 3.13. The Morgan fingerprint density at radius 3 is 2.48 bits per heavy atom. The number of piperidine rings is 1. The molecule has 5 aliphatic carbocycles. The number of methoxy groups -OCH3 is 3. The van der Waals surface area contributed by atoms with Crippen molar-refractivity contribution in [1.82, 2.24) is 4.90 Å². The summed E-state index contributed by atoms with van der Waals surface area (Å²) in [4.78, 5) is 2.52. The molecule has 1 aliphatic heterocycles. The zero-order valence-electron chi connectivity index (χ0n) is 19.3. The van der Waals surface area contributed by atoms with Crippen LogP contribution in [0.4, 0.5) is 0 Å². The molecule has 1 spiro atoms. The zero-order chi connectivity index (χ0) is 22.0. The van der Waals surface area contributed by atoms with Gasteiger partial charge in [0.15, 0.2) is 0 Å². The summed E-state index contributed by atoms with van der Waals surface area (Å²) < 4.78 is 17.8. The van der Waals surface area contributed by atoms with E-state index in [0.29, 0.717) is 19.4 Å². The second-order valence-corrected chi connectivity index (χ2v) is 11.6. The van der Waals surface area contributed by atoms with Gasteiger partial charge in [-0.3, -0.25) is 4.90 Å². The van der Waals surface area contributed by atoms with E-state index in [9.17, 15) is 15.3 Å². The van der Waals surface area contributed by atoms with Gasteiger partial charge >= 0.3 is 0 Å². The van der Waals surface area contributed by atoms with Gasteiger partial charge in [-0.05, 0) is 38.1 Å². The van der Waals surface area contributed by atoms with Gasteiger partial charge in [0.25, 0.3) is 0 Å². The maximum Gasteiger partial charge on any atom is 0.0841 e. The van der Waals surface area contributed by atoms with Crippen molar-refractivity contribution in [3.8, 4) is 0 Å². The number of rotatable bonds is 5. The Labute approximate surface area is 185 Å². The highest BCUT2D eigenvalue weighted by molar-refractivity contribution is 5.38. The summed E-state index contributed by atoms with van der Waals surface area (Å²) in [7, 11) is 5.21. The molecule has 12 atom stereocenters.